The van der Waals surface area contributed by atoms with Crippen molar-refractivity contribution in [3.63, 3.8) is 0 Å². The van der Waals surface area contributed by atoms with Crippen molar-refractivity contribution in [2.75, 3.05) is 0 Å². The summed E-state index contributed by atoms with van der Waals surface area (Å²) in [4.78, 5) is 0. The summed E-state index contributed by atoms with van der Waals surface area (Å²) < 4.78 is 1.73. The van der Waals surface area contributed by atoms with E-state index >= 15 is 0 Å². The molecule has 3 heteroatoms. The molecule has 3 rings (SSSR count). The topological polar surface area (TPSA) is 30.7 Å². The highest BCUT2D eigenvalue weighted by molar-refractivity contribution is 5.62. The van der Waals surface area contributed by atoms with Gasteiger partial charge in [-0.2, -0.15) is 0 Å². The number of nitrogens with zero attached hydrogens (tertiary/aromatic N) is 3. The van der Waals surface area contributed by atoms with Gasteiger partial charge in [-0.25, -0.2) is 4.68 Å². The second kappa shape index (κ2) is 6.18. The lowest BCUT2D eigenvalue weighted by Crippen LogP contribution is -1.85. The van der Waals surface area contributed by atoms with Crippen LogP contribution in [0.1, 0.15) is 18.1 Å². The number of benzene rings is 2. The Morgan fingerprint density at radius 1 is 1.00 bits per heavy atom. The summed E-state index contributed by atoms with van der Waals surface area (Å²) in [6, 6.07) is 18.6. The molecule has 104 valence electrons. The maximum atomic E-state index is 4.22. The molecule has 2 aromatic carbocycles. The first-order valence-electron chi connectivity index (χ1n) is 7.09. The molecule has 0 amide bonds. The zero-order chi connectivity index (χ0) is 14.5. The van der Waals surface area contributed by atoms with Gasteiger partial charge in [0.05, 0.1) is 6.20 Å². The normalized spacial score (nSPS) is 11.1. The number of hydrogen-bond acceptors (Lipinski definition) is 2. The standard InChI is InChI=1S/C18H17N3/c1-2-15-8-10-17(11-9-15)18-14-21(20-19-18)13-12-16-6-4-3-5-7-16/h3-14H,2H2,1H3/b13-12+. The second-order valence-corrected chi connectivity index (χ2v) is 4.86. The Balaban J connectivity index is 1.78. The Bertz CT molecular complexity index is 725. The van der Waals surface area contributed by atoms with Crippen molar-refractivity contribution < 1.29 is 0 Å². The van der Waals surface area contributed by atoms with E-state index in [0.717, 1.165) is 23.2 Å². The third-order valence-electron chi connectivity index (χ3n) is 3.39. The first-order chi connectivity index (χ1) is 10.3. The van der Waals surface area contributed by atoms with Crippen molar-refractivity contribution in [1.29, 1.82) is 0 Å². The van der Waals surface area contributed by atoms with Crippen molar-refractivity contribution >= 4 is 12.3 Å². The van der Waals surface area contributed by atoms with E-state index in [4.69, 9.17) is 0 Å². The molecule has 0 fully saturated rings. The van der Waals surface area contributed by atoms with Gasteiger partial charge in [-0.1, -0.05) is 66.7 Å². The molecule has 0 N–H and O–H groups in total. The van der Waals surface area contributed by atoms with Gasteiger partial charge in [-0.3, -0.25) is 0 Å². The number of rotatable bonds is 4. The Kier molecular flexibility index (Phi) is 3.92. The van der Waals surface area contributed by atoms with Crippen LogP contribution < -0.4 is 0 Å². The second-order valence-electron chi connectivity index (χ2n) is 4.86. The van der Waals surface area contributed by atoms with Gasteiger partial charge in [0.2, 0.25) is 0 Å². The van der Waals surface area contributed by atoms with Gasteiger partial charge < -0.3 is 0 Å². The van der Waals surface area contributed by atoms with Gasteiger partial charge in [0.25, 0.3) is 0 Å². The summed E-state index contributed by atoms with van der Waals surface area (Å²) in [6.45, 7) is 2.15. The van der Waals surface area contributed by atoms with E-state index in [1.54, 1.807) is 4.68 Å². The Hall–Kier alpha value is -2.68. The predicted molar refractivity (Wildman–Crippen MR) is 86.5 cm³/mol. The summed E-state index contributed by atoms with van der Waals surface area (Å²) in [5, 5.41) is 8.35. The van der Waals surface area contributed by atoms with Crippen LogP contribution in [0.3, 0.4) is 0 Å². The third kappa shape index (κ3) is 3.26. The van der Waals surface area contributed by atoms with Crippen molar-refractivity contribution in [1.82, 2.24) is 15.0 Å². The Labute approximate surface area is 124 Å². The lowest BCUT2D eigenvalue weighted by molar-refractivity contribution is 0.843. The molecule has 21 heavy (non-hydrogen) atoms. The van der Waals surface area contributed by atoms with Gasteiger partial charge >= 0.3 is 0 Å². The van der Waals surface area contributed by atoms with Crippen LogP contribution in [0, 0.1) is 0 Å². The molecule has 0 spiro atoms. The minimum absolute atomic E-state index is 0.885. The van der Waals surface area contributed by atoms with E-state index < -0.39 is 0 Å². The molecule has 0 aliphatic carbocycles. The highest BCUT2D eigenvalue weighted by atomic mass is 15.4. The zero-order valence-electron chi connectivity index (χ0n) is 12.0. The zero-order valence-corrected chi connectivity index (χ0v) is 12.0. The van der Waals surface area contributed by atoms with Crippen LogP contribution in [0.4, 0.5) is 0 Å². The average Bonchev–Trinajstić information content (AvgIpc) is 3.03. The quantitative estimate of drug-likeness (QED) is 0.716. The summed E-state index contributed by atoms with van der Waals surface area (Å²) >= 11 is 0. The Morgan fingerprint density at radius 3 is 2.48 bits per heavy atom. The molecule has 0 saturated heterocycles. The molecule has 3 aromatic rings. The summed E-state index contributed by atoms with van der Waals surface area (Å²) in [5.74, 6) is 0. The van der Waals surface area contributed by atoms with E-state index in [-0.39, 0.29) is 0 Å². The highest BCUT2D eigenvalue weighted by Crippen LogP contribution is 2.17. The fourth-order valence-electron chi connectivity index (χ4n) is 2.12. The van der Waals surface area contributed by atoms with Crippen LogP contribution in [0.25, 0.3) is 23.5 Å². The van der Waals surface area contributed by atoms with Gasteiger partial charge in [0, 0.05) is 11.8 Å². The molecule has 0 saturated carbocycles. The molecule has 3 nitrogen and oxygen atoms in total. The number of aryl methyl sites for hydroxylation is 1. The largest absolute Gasteiger partial charge is 0.227 e. The fraction of sp³-hybridized carbons (Fsp3) is 0.111. The van der Waals surface area contributed by atoms with Crippen LogP contribution in [-0.2, 0) is 6.42 Å². The third-order valence-corrected chi connectivity index (χ3v) is 3.39. The van der Waals surface area contributed by atoms with Crippen molar-refractivity contribution in [2.24, 2.45) is 0 Å². The van der Waals surface area contributed by atoms with E-state index in [9.17, 15) is 0 Å². The molecule has 1 aromatic heterocycles. The van der Waals surface area contributed by atoms with Gasteiger partial charge in [0.15, 0.2) is 0 Å². The van der Waals surface area contributed by atoms with Gasteiger partial charge in [-0.15, -0.1) is 5.10 Å². The minimum Gasteiger partial charge on any atom is -0.227 e. The Morgan fingerprint density at radius 2 is 1.76 bits per heavy atom. The van der Waals surface area contributed by atoms with E-state index in [2.05, 4.69) is 53.6 Å². The van der Waals surface area contributed by atoms with E-state index in [1.807, 2.05) is 36.7 Å². The van der Waals surface area contributed by atoms with Crippen molar-refractivity contribution in [2.45, 2.75) is 13.3 Å². The lowest BCUT2D eigenvalue weighted by atomic mass is 10.1. The molecular formula is C18H17N3. The molecule has 0 atom stereocenters. The summed E-state index contributed by atoms with van der Waals surface area (Å²) in [7, 11) is 0. The average molecular weight is 275 g/mol. The van der Waals surface area contributed by atoms with Crippen LogP contribution in [0.5, 0.6) is 0 Å². The lowest BCUT2D eigenvalue weighted by Gasteiger charge is -1.98. The molecule has 0 radical (unpaired) electrons. The first-order valence-corrected chi connectivity index (χ1v) is 7.09. The molecule has 0 unspecified atom stereocenters. The van der Waals surface area contributed by atoms with Crippen LogP contribution in [0.2, 0.25) is 0 Å². The first kappa shape index (κ1) is 13.3. The van der Waals surface area contributed by atoms with Crippen LogP contribution >= 0.6 is 0 Å². The van der Waals surface area contributed by atoms with E-state index in [1.165, 1.54) is 5.56 Å². The SMILES string of the molecule is CCc1ccc(-c2cn(/C=C/c3ccccc3)nn2)cc1. The van der Waals surface area contributed by atoms with Gasteiger partial charge in [0.1, 0.15) is 5.69 Å². The smallest absolute Gasteiger partial charge is 0.113 e. The minimum atomic E-state index is 0.885. The number of hydrogen-bond donors (Lipinski definition) is 0. The monoisotopic (exact) mass is 275 g/mol. The maximum Gasteiger partial charge on any atom is 0.113 e. The molecule has 0 aliphatic heterocycles. The fourth-order valence-corrected chi connectivity index (χ4v) is 2.12. The van der Waals surface area contributed by atoms with Gasteiger partial charge in [-0.05, 0) is 23.6 Å². The number of aromatic nitrogens is 3. The van der Waals surface area contributed by atoms with Crippen LogP contribution in [0.15, 0.2) is 60.8 Å². The van der Waals surface area contributed by atoms with Crippen molar-refractivity contribution in [3.8, 4) is 11.3 Å². The van der Waals surface area contributed by atoms with Crippen molar-refractivity contribution in [3.05, 3.63) is 71.9 Å². The summed E-state index contributed by atoms with van der Waals surface area (Å²) in [6.07, 6.45) is 6.90. The molecule has 0 bridgehead atoms. The maximum absolute atomic E-state index is 4.22. The van der Waals surface area contributed by atoms with Crippen LogP contribution in [-0.4, -0.2) is 15.0 Å². The molecule has 1 heterocycles. The molecule has 0 aliphatic rings. The van der Waals surface area contributed by atoms with E-state index in [0.29, 0.717) is 0 Å². The highest BCUT2D eigenvalue weighted by Gasteiger charge is 2.02. The summed E-state index contributed by atoms with van der Waals surface area (Å²) in [5.41, 5.74) is 4.44. The predicted octanol–water partition coefficient (Wildman–Crippen LogP) is 4.14. The molecular weight excluding hydrogens is 258 g/mol.